The number of hydrogen-bond acceptors (Lipinski definition) is 2. The van der Waals surface area contributed by atoms with Gasteiger partial charge in [0, 0.05) is 30.7 Å². The molecule has 4 heteroatoms. The molecule has 0 aliphatic carbocycles. The molecule has 2 nitrogen and oxygen atoms in total. The highest BCUT2D eigenvalue weighted by atomic mass is 19.1. The third-order valence-electron chi connectivity index (χ3n) is 2.33. The molecule has 1 aromatic heterocycles. The van der Waals surface area contributed by atoms with Crippen LogP contribution in [-0.2, 0) is 6.42 Å². The van der Waals surface area contributed by atoms with Gasteiger partial charge in [0.1, 0.15) is 11.6 Å². The number of anilines is 1. The molecule has 88 valence electrons. The van der Waals surface area contributed by atoms with E-state index < -0.39 is 11.6 Å². The van der Waals surface area contributed by atoms with E-state index in [2.05, 4.69) is 10.3 Å². The van der Waals surface area contributed by atoms with E-state index in [1.54, 1.807) is 12.4 Å². The highest BCUT2D eigenvalue weighted by Gasteiger charge is 1.99. The quantitative estimate of drug-likeness (QED) is 0.879. The maximum Gasteiger partial charge on any atom is 0.128 e. The van der Waals surface area contributed by atoms with E-state index in [-0.39, 0.29) is 0 Å². The van der Waals surface area contributed by atoms with Crippen molar-refractivity contribution in [3.8, 4) is 0 Å². The summed E-state index contributed by atoms with van der Waals surface area (Å²) in [5.41, 5.74) is 1.53. The van der Waals surface area contributed by atoms with E-state index in [9.17, 15) is 8.78 Å². The van der Waals surface area contributed by atoms with E-state index in [1.807, 2.05) is 12.1 Å². The van der Waals surface area contributed by atoms with Crippen LogP contribution in [0.5, 0.6) is 0 Å². The highest BCUT2D eigenvalue weighted by Crippen LogP contribution is 2.12. The molecule has 0 unspecified atom stereocenters. The maximum absolute atomic E-state index is 12.9. The van der Waals surface area contributed by atoms with Crippen LogP contribution in [-0.4, -0.2) is 11.5 Å². The molecule has 1 aromatic carbocycles. The SMILES string of the molecule is Fc1cc(F)cc(NCCc2cccnc2)c1. The Morgan fingerprint density at radius 3 is 2.53 bits per heavy atom. The van der Waals surface area contributed by atoms with E-state index in [0.717, 1.165) is 18.1 Å². The Bertz CT molecular complexity index is 466. The minimum absolute atomic E-state index is 0.450. The first-order valence-corrected chi connectivity index (χ1v) is 5.33. The summed E-state index contributed by atoms with van der Waals surface area (Å²) in [6.45, 7) is 0.606. The molecule has 2 rings (SSSR count). The molecule has 0 saturated carbocycles. The summed E-state index contributed by atoms with van der Waals surface area (Å²) >= 11 is 0. The number of benzene rings is 1. The molecule has 0 amide bonds. The maximum atomic E-state index is 12.9. The molecular weight excluding hydrogens is 222 g/mol. The van der Waals surface area contributed by atoms with Gasteiger partial charge in [-0.1, -0.05) is 6.07 Å². The van der Waals surface area contributed by atoms with Crippen LogP contribution in [0.25, 0.3) is 0 Å². The molecule has 0 fully saturated rings. The molecule has 17 heavy (non-hydrogen) atoms. The summed E-state index contributed by atoms with van der Waals surface area (Å²) in [5, 5.41) is 2.97. The molecule has 0 aliphatic heterocycles. The van der Waals surface area contributed by atoms with Gasteiger partial charge < -0.3 is 5.32 Å². The molecule has 0 atom stereocenters. The van der Waals surface area contributed by atoms with Gasteiger partial charge in [-0.2, -0.15) is 0 Å². The van der Waals surface area contributed by atoms with Crippen LogP contribution in [0.2, 0.25) is 0 Å². The molecule has 0 spiro atoms. The molecule has 0 aliphatic rings. The molecule has 2 aromatic rings. The minimum Gasteiger partial charge on any atom is -0.385 e. The summed E-state index contributed by atoms with van der Waals surface area (Å²) in [7, 11) is 0. The second-order valence-corrected chi connectivity index (χ2v) is 3.70. The van der Waals surface area contributed by atoms with Gasteiger partial charge in [-0.05, 0) is 30.2 Å². The van der Waals surface area contributed by atoms with Gasteiger partial charge in [0.15, 0.2) is 0 Å². The summed E-state index contributed by atoms with van der Waals surface area (Å²) in [6, 6.07) is 7.21. The van der Waals surface area contributed by atoms with Crippen molar-refractivity contribution in [2.75, 3.05) is 11.9 Å². The fourth-order valence-electron chi connectivity index (χ4n) is 1.55. The standard InChI is InChI=1S/C13H12F2N2/c14-11-6-12(15)8-13(7-11)17-5-3-10-2-1-4-16-9-10/h1-2,4,6-9,17H,3,5H2. The number of nitrogens with one attached hydrogen (secondary N) is 1. The zero-order valence-corrected chi connectivity index (χ0v) is 9.16. The Kier molecular flexibility index (Phi) is 3.65. The largest absolute Gasteiger partial charge is 0.385 e. The van der Waals surface area contributed by atoms with Gasteiger partial charge in [-0.15, -0.1) is 0 Å². The van der Waals surface area contributed by atoms with Crippen molar-refractivity contribution in [3.63, 3.8) is 0 Å². The molecule has 0 radical (unpaired) electrons. The van der Waals surface area contributed by atoms with Crippen molar-refractivity contribution in [2.45, 2.75) is 6.42 Å². The second-order valence-electron chi connectivity index (χ2n) is 3.70. The summed E-state index contributed by atoms with van der Waals surface area (Å²) in [5.74, 6) is -1.15. The molecular formula is C13H12F2N2. The van der Waals surface area contributed by atoms with Crippen LogP contribution in [0.4, 0.5) is 14.5 Å². The summed E-state index contributed by atoms with van der Waals surface area (Å²) < 4.78 is 25.8. The van der Waals surface area contributed by atoms with Crippen LogP contribution in [0.15, 0.2) is 42.7 Å². The van der Waals surface area contributed by atoms with Crippen LogP contribution in [0.1, 0.15) is 5.56 Å². The normalized spacial score (nSPS) is 10.2. The fraction of sp³-hybridized carbons (Fsp3) is 0.154. The number of pyridine rings is 1. The Balaban J connectivity index is 1.90. The number of hydrogen-bond donors (Lipinski definition) is 1. The Hall–Kier alpha value is -1.97. The topological polar surface area (TPSA) is 24.9 Å². The van der Waals surface area contributed by atoms with Crippen molar-refractivity contribution < 1.29 is 8.78 Å². The monoisotopic (exact) mass is 234 g/mol. The Labute approximate surface area is 98.3 Å². The number of rotatable bonds is 4. The van der Waals surface area contributed by atoms with Crippen LogP contribution in [0, 0.1) is 11.6 Å². The molecule has 1 heterocycles. The van der Waals surface area contributed by atoms with Crippen molar-refractivity contribution in [1.82, 2.24) is 4.98 Å². The first kappa shape index (κ1) is 11.5. The van der Waals surface area contributed by atoms with Gasteiger partial charge in [0.05, 0.1) is 0 Å². The predicted octanol–water partition coefficient (Wildman–Crippen LogP) is 3.01. The number of aromatic nitrogens is 1. The summed E-state index contributed by atoms with van der Waals surface area (Å²) in [4.78, 5) is 3.99. The van der Waals surface area contributed by atoms with Crippen molar-refractivity contribution >= 4 is 5.69 Å². The molecule has 1 N–H and O–H groups in total. The lowest BCUT2D eigenvalue weighted by Crippen LogP contribution is -2.05. The van der Waals surface area contributed by atoms with Gasteiger partial charge in [-0.3, -0.25) is 4.98 Å². The third kappa shape index (κ3) is 3.52. The average Bonchev–Trinajstić information content (AvgIpc) is 2.29. The number of nitrogens with zero attached hydrogens (tertiary/aromatic N) is 1. The lowest BCUT2D eigenvalue weighted by molar-refractivity contribution is 0.584. The van der Waals surface area contributed by atoms with Gasteiger partial charge in [-0.25, -0.2) is 8.78 Å². The van der Waals surface area contributed by atoms with Gasteiger partial charge in [0.2, 0.25) is 0 Å². The lowest BCUT2D eigenvalue weighted by atomic mass is 10.2. The van der Waals surface area contributed by atoms with Crippen molar-refractivity contribution in [2.24, 2.45) is 0 Å². The zero-order chi connectivity index (χ0) is 12.1. The van der Waals surface area contributed by atoms with E-state index in [1.165, 1.54) is 12.1 Å². The van der Waals surface area contributed by atoms with Gasteiger partial charge in [0.25, 0.3) is 0 Å². The Morgan fingerprint density at radius 2 is 1.88 bits per heavy atom. The van der Waals surface area contributed by atoms with Gasteiger partial charge >= 0.3 is 0 Å². The lowest BCUT2D eigenvalue weighted by Gasteiger charge is -2.06. The fourth-order valence-corrected chi connectivity index (χ4v) is 1.55. The van der Waals surface area contributed by atoms with E-state index in [0.29, 0.717) is 12.2 Å². The minimum atomic E-state index is -0.575. The highest BCUT2D eigenvalue weighted by molar-refractivity contribution is 5.43. The van der Waals surface area contributed by atoms with Crippen molar-refractivity contribution in [3.05, 3.63) is 59.9 Å². The smallest absolute Gasteiger partial charge is 0.128 e. The van der Waals surface area contributed by atoms with Crippen LogP contribution in [0.3, 0.4) is 0 Å². The van der Waals surface area contributed by atoms with Crippen LogP contribution < -0.4 is 5.32 Å². The Morgan fingerprint density at radius 1 is 1.12 bits per heavy atom. The first-order valence-electron chi connectivity index (χ1n) is 5.33. The molecule has 0 bridgehead atoms. The summed E-state index contributed by atoms with van der Waals surface area (Å²) in [6.07, 6.45) is 4.23. The zero-order valence-electron chi connectivity index (χ0n) is 9.16. The van der Waals surface area contributed by atoms with Crippen molar-refractivity contribution in [1.29, 1.82) is 0 Å². The van der Waals surface area contributed by atoms with E-state index in [4.69, 9.17) is 0 Å². The number of halogens is 2. The average molecular weight is 234 g/mol. The van der Waals surface area contributed by atoms with E-state index >= 15 is 0 Å². The van der Waals surface area contributed by atoms with Crippen LogP contribution >= 0.6 is 0 Å². The predicted molar refractivity (Wildman–Crippen MR) is 62.8 cm³/mol. The second kappa shape index (κ2) is 5.39. The third-order valence-corrected chi connectivity index (χ3v) is 2.33. The molecule has 0 saturated heterocycles. The first-order chi connectivity index (χ1) is 8.24.